The molecule has 3 aliphatic rings. The molecule has 0 radical (unpaired) electrons. The highest BCUT2D eigenvalue weighted by Gasteiger charge is 2.36. The third kappa shape index (κ3) is 9.76. The molecule has 16 nitrogen and oxygen atoms in total. The van der Waals surface area contributed by atoms with Crippen LogP contribution in [0.1, 0.15) is 69.3 Å². The van der Waals surface area contributed by atoms with Gasteiger partial charge in [-0.15, -0.1) is 0 Å². The van der Waals surface area contributed by atoms with Gasteiger partial charge in [-0.25, -0.2) is 9.48 Å². The van der Waals surface area contributed by atoms with Crippen molar-refractivity contribution >= 4 is 35.7 Å². The molecule has 276 valence electrons. The number of amides is 5. The van der Waals surface area contributed by atoms with Crippen LogP contribution in [0.3, 0.4) is 0 Å². The Balaban J connectivity index is 1.29. The van der Waals surface area contributed by atoms with Crippen molar-refractivity contribution in [1.82, 2.24) is 35.1 Å². The predicted molar refractivity (Wildman–Crippen MR) is 182 cm³/mol. The maximum atomic E-state index is 13.7. The number of para-hydroxylation sites is 1. The van der Waals surface area contributed by atoms with E-state index >= 15 is 0 Å². The van der Waals surface area contributed by atoms with E-state index in [-0.39, 0.29) is 81.0 Å². The summed E-state index contributed by atoms with van der Waals surface area (Å²) in [5, 5.41) is 19.5. The molecule has 3 N–H and O–H groups in total. The number of hydrogen-bond acceptors (Lipinski definition) is 9. The summed E-state index contributed by atoms with van der Waals surface area (Å²) in [4.78, 5) is 81.6. The lowest BCUT2D eigenvalue weighted by molar-refractivity contribution is -0.145. The van der Waals surface area contributed by atoms with Crippen LogP contribution >= 0.6 is 0 Å². The van der Waals surface area contributed by atoms with Crippen LogP contribution in [0.5, 0.6) is 5.88 Å². The fourth-order valence-corrected chi connectivity index (χ4v) is 6.16. The number of benzene rings is 1. The van der Waals surface area contributed by atoms with E-state index in [1.165, 1.54) is 25.4 Å². The summed E-state index contributed by atoms with van der Waals surface area (Å²) in [6.45, 7) is 4.54. The zero-order chi connectivity index (χ0) is 36.5. The summed E-state index contributed by atoms with van der Waals surface area (Å²) in [7, 11) is 0. The van der Waals surface area contributed by atoms with Gasteiger partial charge in [-0.2, -0.15) is 5.10 Å². The van der Waals surface area contributed by atoms with Gasteiger partial charge in [0, 0.05) is 51.3 Å². The molecule has 5 amide bonds. The number of rotatable bonds is 14. The normalized spacial score (nSPS) is 18.2. The molecule has 2 aliphatic heterocycles. The van der Waals surface area contributed by atoms with Crippen molar-refractivity contribution in [2.75, 3.05) is 45.9 Å². The number of ether oxygens (including phenoxy) is 2. The third-order valence-electron chi connectivity index (χ3n) is 9.26. The van der Waals surface area contributed by atoms with E-state index in [1.807, 2.05) is 19.9 Å². The average molecular weight is 710 g/mol. The minimum atomic E-state index is -1.13. The topological polar surface area (TPSA) is 193 Å². The molecular weight excluding hydrogens is 662 g/mol. The van der Waals surface area contributed by atoms with E-state index in [0.29, 0.717) is 25.1 Å². The average Bonchev–Trinajstić information content (AvgIpc) is 3.78. The van der Waals surface area contributed by atoms with Gasteiger partial charge in [0.2, 0.25) is 17.7 Å². The minimum absolute atomic E-state index is 0.0524. The first kappa shape index (κ1) is 37.1. The fourth-order valence-electron chi connectivity index (χ4n) is 6.16. The number of carboxylic acid groups (broad SMARTS) is 1. The highest BCUT2D eigenvalue weighted by atomic mass is 16.5. The van der Waals surface area contributed by atoms with Gasteiger partial charge < -0.3 is 39.9 Å². The zero-order valence-corrected chi connectivity index (χ0v) is 29.1. The largest absolute Gasteiger partial charge is 0.467 e. The van der Waals surface area contributed by atoms with E-state index in [2.05, 4.69) is 15.7 Å². The summed E-state index contributed by atoms with van der Waals surface area (Å²) in [6.07, 6.45) is 2.97. The Kier molecular flexibility index (Phi) is 12.5. The number of piperazine rings is 1. The Morgan fingerprint density at radius 1 is 0.941 bits per heavy atom. The van der Waals surface area contributed by atoms with Crippen molar-refractivity contribution in [2.45, 2.75) is 76.9 Å². The highest BCUT2D eigenvalue weighted by molar-refractivity contribution is 5.96. The van der Waals surface area contributed by atoms with Crippen molar-refractivity contribution in [2.24, 2.45) is 5.92 Å². The first-order valence-electron chi connectivity index (χ1n) is 17.6. The van der Waals surface area contributed by atoms with Crippen LogP contribution in [-0.2, 0) is 23.9 Å². The second-order valence-electron chi connectivity index (χ2n) is 13.5. The van der Waals surface area contributed by atoms with Crippen molar-refractivity contribution in [1.29, 1.82) is 0 Å². The van der Waals surface area contributed by atoms with Gasteiger partial charge >= 0.3 is 12.1 Å². The molecule has 5 rings (SSSR count). The second-order valence-corrected chi connectivity index (χ2v) is 13.5. The molecule has 2 atom stereocenters. The van der Waals surface area contributed by atoms with E-state index in [1.54, 1.807) is 24.3 Å². The highest BCUT2D eigenvalue weighted by Crippen LogP contribution is 2.24. The summed E-state index contributed by atoms with van der Waals surface area (Å²) in [5.41, 5.74) is 0.450. The zero-order valence-electron chi connectivity index (χ0n) is 29.1. The molecular formula is C35H47N7O9. The van der Waals surface area contributed by atoms with Crippen LogP contribution in [0, 0.1) is 5.92 Å². The van der Waals surface area contributed by atoms with Crippen molar-refractivity contribution < 1.29 is 43.3 Å². The van der Waals surface area contributed by atoms with Gasteiger partial charge in [0.25, 0.3) is 11.8 Å². The molecule has 0 unspecified atom stereocenters. The van der Waals surface area contributed by atoms with Gasteiger partial charge in [-0.1, -0.05) is 32.0 Å². The number of hydrogen-bond donors (Lipinski definition) is 3. The van der Waals surface area contributed by atoms with E-state index in [9.17, 15) is 33.9 Å². The summed E-state index contributed by atoms with van der Waals surface area (Å²) in [5.74, 6) is -2.00. The number of carbonyl (C=O) groups excluding carboxylic acids is 5. The van der Waals surface area contributed by atoms with Crippen LogP contribution < -0.4 is 15.4 Å². The van der Waals surface area contributed by atoms with Crippen molar-refractivity contribution in [3.63, 3.8) is 0 Å². The molecule has 16 heteroatoms. The molecule has 2 aromatic rings. The molecule has 1 saturated carbocycles. The Bertz CT molecular complexity index is 1570. The molecule has 51 heavy (non-hydrogen) atoms. The second kappa shape index (κ2) is 17.2. The summed E-state index contributed by atoms with van der Waals surface area (Å²) in [6, 6.07) is 8.68. The maximum Gasteiger partial charge on any atom is 0.407 e. The van der Waals surface area contributed by atoms with E-state index in [0.717, 1.165) is 19.3 Å². The number of likely N-dealkylation sites (tertiary alicyclic amines) is 1. The summed E-state index contributed by atoms with van der Waals surface area (Å²) < 4.78 is 12.6. The number of aromatic nitrogens is 2. The molecule has 1 aromatic carbocycles. The molecule has 1 aromatic heterocycles. The number of carbonyl (C=O) groups is 6. The Morgan fingerprint density at radius 3 is 2.29 bits per heavy atom. The molecule has 0 spiro atoms. The molecule has 2 saturated heterocycles. The first-order valence-corrected chi connectivity index (χ1v) is 17.6. The fraction of sp³-hybridized carbons (Fsp3) is 0.571. The Labute approximate surface area is 296 Å². The third-order valence-corrected chi connectivity index (χ3v) is 9.26. The van der Waals surface area contributed by atoms with Gasteiger partial charge in [0.1, 0.15) is 12.1 Å². The Hall–Kier alpha value is -5.15. The summed E-state index contributed by atoms with van der Waals surface area (Å²) >= 11 is 0. The standard InChI is InChI=1S/C35H47N7O9/c1-23(2)21-51-31(44)14-13-26(34(47)39-16-18-40(19-17-39)35(48)49)37-32(45)27-20-30(42(38-27)25-10-4-3-5-11-25)50-22-29(43)41-15-7-12-28(41)33(46)36-24-8-6-9-24/h3-5,10-11,20,23-24,26,28H,6-9,12-19,21-22H2,1-2H3,(H,36,46)(H,37,45)(H,48,49)/t26-,28-/m0/s1. The lowest BCUT2D eigenvalue weighted by Crippen LogP contribution is -2.55. The first-order chi connectivity index (χ1) is 24.5. The van der Waals surface area contributed by atoms with Crippen LogP contribution in [0.25, 0.3) is 5.69 Å². The lowest BCUT2D eigenvalue weighted by atomic mass is 9.93. The van der Waals surface area contributed by atoms with Gasteiger partial charge in [0.15, 0.2) is 12.3 Å². The van der Waals surface area contributed by atoms with Crippen LogP contribution in [0.4, 0.5) is 4.79 Å². The van der Waals surface area contributed by atoms with Gasteiger partial charge in [-0.3, -0.25) is 24.0 Å². The van der Waals surface area contributed by atoms with Crippen LogP contribution in [0.2, 0.25) is 0 Å². The van der Waals surface area contributed by atoms with Crippen molar-refractivity contribution in [3.8, 4) is 11.6 Å². The maximum absolute atomic E-state index is 13.7. The molecule has 0 bridgehead atoms. The SMILES string of the molecule is CC(C)COC(=O)CC[C@H](NC(=O)c1cc(OCC(=O)N2CCC[C@H]2C(=O)NC2CCC2)n(-c2ccccc2)n1)C(=O)N1CCN(C(=O)O)CC1. The number of nitrogens with zero attached hydrogens (tertiary/aromatic N) is 5. The lowest BCUT2D eigenvalue weighted by Gasteiger charge is -2.35. The van der Waals surface area contributed by atoms with E-state index in [4.69, 9.17) is 9.47 Å². The minimum Gasteiger partial charge on any atom is -0.467 e. The number of esters is 1. The van der Waals surface area contributed by atoms with Crippen LogP contribution in [0.15, 0.2) is 36.4 Å². The molecule has 3 heterocycles. The van der Waals surface area contributed by atoms with E-state index < -0.39 is 42.6 Å². The Morgan fingerprint density at radius 2 is 1.65 bits per heavy atom. The molecule has 3 fully saturated rings. The van der Waals surface area contributed by atoms with Gasteiger partial charge in [0.05, 0.1) is 12.3 Å². The van der Waals surface area contributed by atoms with Crippen molar-refractivity contribution in [3.05, 3.63) is 42.1 Å². The van der Waals surface area contributed by atoms with Gasteiger partial charge in [-0.05, 0) is 56.6 Å². The predicted octanol–water partition coefficient (Wildman–Crippen LogP) is 1.81. The monoisotopic (exact) mass is 709 g/mol. The van der Waals surface area contributed by atoms with Crippen LogP contribution in [-0.4, -0.2) is 129 Å². The molecule has 1 aliphatic carbocycles. The number of nitrogens with one attached hydrogen (secondary N) is 2. The smallest absolute Gasteiger partial charge is 0.407 e. The quantitative estimate of drug-likeness (QED) is 0.244.